The summed E-state index contributed by atoms with van der Waals surface area (Å²) in [5.74, 6) is 1.72. The zero-order valence-corrected chi connectivity index (χ0v) is 19.6. The van der Waals surface area contributed by atoms with E-state index in [2.05, 4.69) is 66.5 Å². The van der Waals surface area contributed by atoms with E-state index in [-0.39, 0.29) is 0 Å². The maximum atomic E-state index is 6.22. The predicted molar refractivity (Wildman–Crippen MR) is 138 cm³/mol. The summed E-state index contributed by atoms with van der Waals surface area (Å²) in [6, 6.07) is 29.0. The van der Waals surface area contributed by atoms with Gasteiger partial charge in [-0.2, -0.15) is 0 Å². The SMILES string of the molecule is CCCCCCCCCOc1ccccc1-c1nc(-c2ccccc2)c(-c2ccccc2)[nH]1. The van der Waals surface area contributed by atoms with Crippen molar-refractivity contribution in [1.29, 1.82) is 0 Å². The molecule has 0 spiro atoms. The van der Waals surface area contributed by atoms with Crippen LogP contribution in [0.3, 0.4) is 0 Å². The molecule has 0 amide bonds. The molecule has 0 aliphatic carbocycles. The van der Waals surface area contributed by atoms with Crippen molar-refractivity contribution in [2.45, 2.75) is 51.9 Å². The third-order valence-electron chi connectivity index (χ3n) is 5.96. The number of nitrogens with one attached hydrogen (secondary N) is 1. The van der Waals surface area contributed by atoms with Crippen molar-refractivity contribution in [2.75, 3.05) is 6.61 Å². The Kier molecular flexibility index (Phi) is 8.35. The molecule has 0 saturated heterocycles. The van der Waals surface area contributed by atoms with E-state index in [1.165, 1.54) is 38.5 Å². The summed E-state index contributed by atoms with van der Waals surface area (Å²) >= 11 is 0. The predicted octanol–water partition coefficient (Wildman–Crippen LogP) is 8.54. The normalized spacial score (nSPS) is 10.9. The third-order valence-corrected chi connectivity index (χ3v) is 5.96. The zero-order chi connectivity index (χ0) is 22.7. The Balaban J connectivity index is 1.53. The minimum absolute atomic E-state index is 0.739. The molecule has 0 fully saturated rings. The minimum Gasteiger partial charge on any atom is -0.493 e. The number of ether oxygens (including phenoxy) is 1. The average molecular weight is 439 g/mol. The molecule has 1 heterocycles. The van der Waals surface area contributed by atoms with Gasteiger partial charge in [0, 0.05) is 11.1 Å². The molecule has 0 saturated carbocycles. The third kappa shape index (κ3) is 6.13. The molecule has 0 unspecified atom stereocenters. The fourth-order valence-electron chi connectivity index (χ4n) is 4.15. The Labute approximate surface area is 197 Å². The van der Waals surface area contributed by atoms with Gasteiger partial charge in [0.1, 0.15) is 11.6 Å². The van der Waals surface area contributed by atoms with Crippen LogP contribution in [0.1, 0.15) is 51.9 Å². The minimum atomic E-state index is 0.739. The zero-order valence-electron chi connectivity index (χ0n) is 19.6. The van der Waals surface area contributed by atoms with Gasteiger partial charge in [0.2, 0.25) is 0 Å². The topological polar surface area (TPSA) is 37.9 Å². The van der Waals surface area contributed by atoms with E-state index in [4.69, 9.17) is 9.72 Å². The summed E-state index contributed by atoms with van der Waals surface area (Å²) in [6.07, 6.45) is 8.94. The van der Waals surface area contributed by atoms with E-state index in [1.54, 1.807) is 0 Å². The standard InChI is InChI=1S/C30H34N2O/c1-2-3-4-5-6-7-16-23-33-27-22-15-14-21-26(27)30-31-28(24-17-10-8-11-18-24)29(32-30)25-19-12-9-13-20-25/h8-15,17-22H,2-7,16,23H2,1H3,(H,31,32). The first-order valence-electron chi connectivity index (χ1n) is 12.3. The van der Waals surface area contributed by atoms with Crippen LogP contribution in [-0.4, -0.2) is 16.6 Å². The summed E-state index contributed by atoms with van der Waals surface area (Å²) in [7, 11) is 0. The number of H-pyrrole nitrogens is 1. The number of unbranched alkanes of at least 4 members (excludes halogenated alkanes) is 6. The molecule has 1 aromatic heterocycles. The fourth-order valence-corrected chi connectivity index (χ4v) is 4.15. The second kappa shape index (κ2) is 12.1. The second-order valence-corrected chi connectivity index (χ2v) is 8.51. The maximum Gasteiger partial charge on any atom is 0.142 e. The second-order valence-electron chi connectivity index (χ2n) is 8.51. The molecule has 0 bridgehead atoms. The number of imidazole rings is 1. The van der Waals surface area contributed by atoms with E-state index in [0.717, 1.165) is 52.7 Å². The highest BCUT2D eigenvalue weighted by Gasteiger charge is 2.17. The Morgan fingerprint density at radius 3 is 2.00 bits per heavy atom. The van der Waals surface area contributed by atoms with Gasteiger partial charge >= 0.3 is 0 Å². The van der Waals surface area contributed by atoms with Crippen molar-refractivity contribution >= 4 is 0 Å². The molecule has 0 atom stereocenters. The molecule has 3 nitrogen and oxygen atoms in total. The molecule has 3 aromatic carbocycles. The Hall–Kier alpha value is -3.33. The van der Waals surface area contributed by atoms with Crippen molar-refractivity contribution < 1.29 is 4.74 Å². The smallest absolute Gasteiger partial charge is 0.142 e. The van der Waals surface area contributed by atoms with Crippen LogP contribution in [0.15, 0.2) is 84.9 Å². The maximum absolute atomic E-state index is 6.22. The van der Waals surface area contributed by atoms with E-state index in [9.17, 15) is 0 Å². The number of nitrogens with zero attached hydrogens (tertiary/aromatic N) is 1. The Bertz CT molecular complexity index is 1050. The van der Waals surface area contributed by atoms with Gasteiger partial charge in [0.15, 0.2) is 0 Å². The van der Waals surface area contributed by atoms with Gasteiger partial charge < -0.3 is 9.72 Å². The highest BCUT2D eigenvalue weighted by molar-refractivity contribution is 5.82. The van der Waals surface area contributed by atoms with Crippen LogP contribution in [0, 0.1) is 0 Å². The number of hydrogen-bond donors (Lipinski definition) is 1. The molecule has 3 heteroatoms. The van der Waals surface area contributed by atoms with Crippen LogP contribution in [-0.2, 0) is 0 Å². The summed E-state index contributed by atoms with van der Waals surface area (Å²) in [5.41, 5.74) is 5.20. The number of aromatic amines is 1. The largest absolute Gasteiger partial charge is 0.493 e. The number of aromatic nitrogens is 2. The van der Waals surface area contributed by atoms with Crippen LogP contribution in [0.2, 0.25) is 0 Å². The lowest BCUT2D eigenvalue weighted by Crippen LogP contribution is -1.99. The van der Waals surface area contributed by atoms with Gasteiger partial charge in [0.05, 0.1) is 23.6 Å². The summed E-state index contributed by atoms with van der Waals surface area (Å²) in [5, 5.41) is 0. The molecule has 1 N–H and O–H groups in total. The Morgan fingerprint density at radius 1 is 0.667 bits per heavy atom. The van der Waals surface area contributed by atoms with Crippen LogP contribution in [0.4, 0.5) is 0 Å². The number of para-hydroxylation sites is 1. The lowest BCUT2D eigenvalue weighted by molar-refractivity contribution is 0.305. The van der Waals surface area contributed by atoms with Crippen molar-refractivity contribution in [3.8, 4) is 39.7 Å². The first-order valence-corrected chi connectivity index (χ1v) is 12.3. The van der Waals surface area contributed by atoms with Gasteiger partial charge in [0.25, 0.3) is 0 Å². The molecule has 0 aliphatic heterocycles. The van der Waals surface area contributed by atoms with E-state index in [0.29, 0.717) is 0 Å². The van der Waals surface area contributed by atoms with Gasteiger partial charge in [-0.3, -0.25) is 0 Å². The van der Waals surface area contributed by atoms with Crippen molar-refractivity contribution in [3.63, 3.8) is 0 Å². The lowest BCUT2D eigenvalue weighted by atomic mass is 10.1. The molecule has 0 aliphatic rings. The average Bonchev–Trinajstić information content (AvgIpc) is 3.32. The molecule has 4 aromatic rings. The summed E-state index contributed by atoms with van der Waals surface area (Å²) in [4.78, 5) is 8.63. The van der Waals surface area contributed by atoms with Crippen LogP contribution in [0.25, 0.3) is 33.9 Å². The molecule has 0 radical (unpaired) electrons. The molecule has 4 rings (SSSR count). The van der Waals surface area contributed by atoms with Gasteiger partial charge in [-0.05, 0) is 18.6 Å². The van der Waals surface area contributed by atoms with E-state index < -0.39 is 0 Å². The molecular formula is C30H34N2O. The van der Waals surface area contributed by atoms with E-state index >= 15 is 0 Å². The van der Waals surface area contributed by atoms with Gasteiger partial charge in [-0.15, -0.1) is 0 Å². The highest BCUT2D eigenvalue weighted by Crippen LogP contribution is 2.35. The molecular weight excluding hydrogens is 404 g/mol. The molecule has 33 heavy (non-hydrogen) atoms. The summed E-state index contributed by atoms with van der Waals surface area (Å²) < 4.78 is 6.22. The monoisotopic (exact) mass is 438 g/mol. The lowest BCUT2D eigenvalue weighted by Gasteiger charge is -2.10. The highest BCUT2D eigenvalue weighted by atomic mass is 16.5. The van der Waals surface area contributed by atoms with E-state index in [1.807, 2.05) is 30.3 Å². The first kappa shape index (κ1) is 22.8. The van der Waals surface area contributed by atoms with Crippen LogP contribution < -0.4 is 4.74 Å². The van der Waals surface area contributed by atoms with Gasteiger partial charge in [-0.25, -0.2) is 4.98 Å². The van der Waals surface area contributed by atoms with Crippen molar-refractivity contribution in [1.82, 2.24) is 9.97 Å². The number of rotatable bonds is 12. The fraction of sp³-hybridized carbons (Fsp3) is 0.300. The first-order chi connectivity index (χ1) is 16.4. The molecule has 170 valence electrons. The van der Waals surface area contributed by atoms with Crippen molar-refractivity contribution in [2.24, 2.45) is 0 Å². The van der Waals surface area contributed by atoms with Crippen molar-refractivity contribution in [3.05, 3.63) is 84.9 Å². The summed E-state index contributed by atoms with van der Waals surface area (Å²) in [6.45, 7) is 3.00. The number of benzene rings is 3. The quantitative estimate of drug-likeness (QED) is 0.225. The number of hydrogen-bond acceptors (Lipinski definition) is 2. The van der Waals surface area contributed by atoms with Crippen LogP contribution >= 0.6 is 0 Å². The Morgan fingerprint density at radius 2 is 1.27 bits per heavy atom. The van der Waals surface area contributed by atoms with Gasteiger partial charge in [-0.1, -0.05) is 118 Å². The van der Waals surface area contributed by atoms with Crippen LogP contribution in [0.5, 0.6) is 5.75 Å².